The molecule has 5 nitrogen and oxygen atoms in total. The van der Waals surface area contributed by atoms with E-state index in [0.717, 1.165) is 0 Å². The van der Waals surface area contributed by atoms with E-state index >= 15 is 0 Å². The molecule has 25 heavy (non-hydrogen) atoms. The van der Waals surface area contributed by atoms with Gasteiger partial charge in [0.2, 0.25) is 0 Å². The van der Waals surface area contributed by atoms with E-state index in [2.05, 4.69) is 26.6 Å². The molecule has 0 aromatic heterocycles. The summed E-state index contributed by atoms with van der Waals surface area (Å²) in [4.78, 5) is 24.4. The van der Waals surface area contributed by atoms with Crippen molar-refractivity contribution in [2.75, 3.05) is 12.4 Å². The average Bonchev–Trinajstić information content (AvgIpc) is 2.53. The van der Waals surface area contributed by atoms with Gasteiger partial charge in [-0.3, -0.25) is 9.59 Å². The molecule has 0 aliphatic carbocycles. The molecule has 2 N–H and O–H groups in total. The van der Waals surface area contributed by atoms with Crippen LogP contribution in [0.2, 0.25) is 0 Å². The third kappa shape index (κ3) is 5.32. The van der Waals surface area contributed by atoms with Gasteiger partial charge in [-0.15, -0.1) is 0 Å². The number of carbonyl (C=O) groups excluding carboxylic acids is 2. The number of ether oxygens (including phenoxy) is 1. The van der Waals surface area contributed by atoms with Crippen molar-refractivity contribution >= 4 is 33.4 Å². The first-order valence-corrected chi connectivity index (χ1v) is 8.56. The Labute approximate surface area is 155 Å². The van der Waals surface area contributed by atoms with Crippen molar-refractivity contribution in [3.8, 4) is 5.75 Å². The maximum Gasteiger partial charge on any atom is 0.255 e. The second-order valence-electron chi connectivity index (χ2n) is 6.58. The van der Waals surface area contributed by atoms with Crippen LogP contribution in [-0.2, 0) is 0 Å². The van der Waals surface area contributed by atoms with Crippen LogP contribution in [-0.4, -0.2) is 24.5 Å². The minimum atomic E-state index is -0.300. The minimum Gasteiger partial charge on any atom is -0.496 e. The van der Waals surface area contributed by atoms with Crippen molar-refractivity contribution in [3.63, 3.8) is 0 Å². The molecule has 2 rings (SSSR count). The summed E-state index contributed by atoms with van der Waals surface area (Å²) >= 11 is 3.36. The van der Waals surface area contributed by atoms with E-state index in [1.54, 1.807) is 49.6 Å². The number of anilines is 1. The van der Waals surface area contributed by atoms with Crippen LogP contribution in [0.25, 0.3) is 0 Å². The van der Waals surface area contributed by atoms with Crippen molar-refractivity contribution < 1.29 is 14.3 Å². The molecular weight excluding hydrogens is 384 g/mol. The molecule has 0 saturated carbocycles. The molecule has 0 atom stereocenters. The average molecular weight is 405 g/mol. The van der Waals surface area contributed by atoms with E-state index in [0.29, 0.717) is 27.0 Å². The zero-order valence-corrected chi connectivity index (χ0v) is 16.2. The summed E-state index contributed by atoms with van der Waals surface area (Å²) < 4.78 is 5.86. The van der Waals surface area contributed by atoms with Crippen molar-refractivity contribution in [2.24, 2.45) is 0 Å². The Bertz CT molecular complexity index is 780. The van der Waals surface area contributed by atoms with Crippen molar-refractivity contribution in [1.82, 2.24) is 5.32 Å². The van der Waals surface area contributed by atoms with Crippen molar-refractivity contribution in [1.29, 1.82) is 0 Å². The number of halogens is 1. The van der Waals surface area contributed by atoms with Gasteiger partial charge in [0.1, 0.15) is 5.75 Å². The minimum absolute atomic E-state index is 0.149. The smallest absolute Gasteiger partial charge is 0.255 e. The Morgan fingerprint density at radius 3 is 2.08 bits per heavy atom. The Hall–Kier alpha value is -2.34. The lowest BCUT2D eigenvalue weighted by molar-refractivity contribution is 0.0919. The lowest BCUT2D eigenvalue weighted by Crippen LogP contribution is -2.40. The van der Waals surface area contributed by atoms with Crippen molar-refractivity contribution in [2.45, 2.75) is 26.3 Å². The number of carbonyl (C=O) groups is 2. The lowest BCUT2D eigenvalue weighted by atomic mass is 10.1. The maximum absolute atomic E-state index is 12.3. The zero-order chi connectivity index (χ0) is 18.6. The van der Waals surface area contributed by atoms with Crippen LogP contribution < -0.4 is 15.4 Å². The van der Waals surface area contributed by atoms with E-state index in [-0.39, 0.29) is 17.4 Å². The number of methoxy groups -OCH3 is 1. The quantitative estimate of drug-likeness (QED) is 0.800. The third-order valence-corrected chi connectivity index (χ3v) is 3.93. The summed E-state index contributed by atoms with van der Waals surface area (Å²) in [5.74, 6) is 0.269. The van der Waals surface area contributed by atoms with Gasteiger partial charge in [-0.2, -0.15) is 0 Å². The topological polar surface area (TPSA) is 67.4 Å². The van der Waals surface area contributed by atoms with Crippen LogP contribution in [0.1, 0.15) is 41.5 Å². The summed E-state index contributed by atoms with van der Waals surface area (Å²) in [7, 11) is 1.57. The molecule has 0 bridgehead atoms. The first-order valence-electron chi connectivity index (χ1n) is 7.77. The Morgan fingerprint density at radius 2 is 1.56 bits per heavy atom. The van der Waals surface area contributed by atoms with E-state index in [1.807, 2.05) is 20.8 Å². The van der Waals surface area contributed by atoms with Gasteiger partial charge in [0.05, 0.1) is 11.6 Å². The molecule has 0 heterocycles. The normalized spacial score (nSPS) is 10.9. The first kappa shape index (κ1) is 19.0. The fraction of sp³-hybridized carbons (Fsp3) is 0.263. The van der Waals surface area contributed by atoms with E-state index in [4.69, 9.17) is 4.74 Å². The Balaban J connectivity index is 2.07. The highest BCUT2D eigenvalue weighted by molar-refractivity contribution is 9.10. The standard InChI is InChI=1S/C19H21BrN2O3/c1-19(2,3)22-18(24)12-5-8-14(9-6-12)21-17(23)13-7-10-16(25-4)15(20)11-13/h5-11H,1-4H3,(H,21,23)(H,22,24). The van der Waals surface area contributed by atoms with Gasteiger partial charge < -0.3 is 15.4 Å². The number of amides is 2. The fourth-order valence-electron chi connectivity index (χ4n) is 2.13. The van der Waals surface area contributed by atoms with Crippen LogP contribution in [0.4, 0.5) is 5.69 Å². The fourth-order valence-corrected chi connectivity index (χ4v) is 2.67. The van der Waals surface area contributed by atoms with E-state index in [9.17, 15) is 9.59 Å². The van der Waals surface area contributed by atoms with Crippen LogP contribution in [0.15, 0.2) is 46.9 Å². The van der Waals surface area contributed by atoms with Gasteiger partial charge in [-0.25, -0.2) is 0 Å². The molecular formula is C19H21BrN2O3. The molecule has 0 aliphatic heterocycles. The molecule has 2 aromatic carbocycles. The molecule has 6 heteroatoms. The second kappa shape index (κ2) is 7.70. The number of hydrogen-bond donors (Lipinski definition) is 2. The predicted molar refractivity (Wildman–Crippen MR) is 102 cm³/mol. The summed E-state index contributed by atoms with van der Waals surface area (Å²) in [6.45, 7) is 5.77. The van der Waals surface area contributed by atoms with Crippen LogP contribution in [0, 0.1) is 0 Å². The molecule has 2 amide bonds. The lowest BCUT2D eigenvalue weighted by Gasteiger charge is -2.20. The number of rotatable bonds is 4. The summed E-state index contributed by atoms with van der Waals surface area (Å²) in [5.41, 5.74) is 1.36. The molecule has 132 valence electrons. The highest BCUT2D eigenvalue weighted by Gasteiger charge is 2.15. The third-order valence-electron chi connectivity index (χ3n) is 3.31. The summed E-state index contributed by atoms with van der Waals surface area (Å²) in [6.07, 6.45) is 0. The predicted octanol–water partition coefficient (Wildman–Crippen LogP) is 4.24. The maximum atomic E-state index is 12.3. The van der Waals surface area contributed by atoms with Crippen molar-refractivity contribution in [3.05, 3.63) is 58.1 Å². The molecule has 2 aromatic rings. The Morgan fingerprint density at radius 1 is 0.960 bits per heavy atom. The van der Waals surface area contributed by atoms with Gasteiger partial charge in [0, 0.05) is 22.4 Å². The largest absolute Gasteiger partial charge is 0.496 e. The summed E-state index contributed by atoms with van der Waals surface area (Å²) in [5, 5.41) is 5.70. The SMILES string of the molecule is COc1ccc(C(=O)Nc2ccc(C(=O)NC(C)(C)C)cc2)cc1Br. The number of hydrogen-bond acceptors (Lipinski definition) is 3. The van der Waals surface area contributed by atoms with Gasteiger partial charge in [0.15, 0.2) is 0 Å². The van der Waals surface area contributed by atoms with Gasteiger partial charge >= 0.3 is 0 Å². The number of nitrogens with one attached hydrogen (secondary N) is 2. The first-order chi connectivity index (χ1) is 11.7. The van der Waals surface area contributed by atoms with Crippen LogP contribution in [0.3, 0.4) is 0 Å². The van der Waals surface area contributed by atoms with E-state index < -0.39 is 0 Å². The second-order valence-corrected chi connectivity index (χ2v) is 7.44. The molecule has 0 spiro atoms. The van der Waals surface area contributed by atoms with E-state index in [1.165, 1.54) is 0 Å². The highest BCUT2D eigenvalue weighted by atomic mass is 79.9. The van der Waals surface area contributed by atoms with Gasteiger partial charge in [0.25, 0.3) is 11.8 Å². The van der Waals surface area contributed by atoms with Crippen LogP contribution >= 0.6 is 15.9 Å². The molecule has 0 aliphatic rings. The Kier molecular flexibility index (Phi) is 5.85. The highest BCUT2D eigenvalue weighted by Crippen LogP contribution is 2.26. The molecule has 0 fully saturated rings. The van der Waals surface area contributed by atoms with Gasteiger partial charge in [-0.1, -0.05) is 0 Å². The molecule has 0 saturated heterocycles. The zero-order valence-electron chi connectivity index (χ0n) is 14.6. The molecule has 0 unspecified atom stereocenters. The van der Waals surface area contributed by atoms with Gasteiger partial charge in [-0.05, 0) is 79.2 Å². The summed E-state index contributed by atoms with van der Waals surface area (Å²) in [6, 6.07) is 11.9. The molecule has 0 radical (unpaired) electrons. The number of benzene rings is 2. The van der Waals surface area contributed by atoms with Crippen LogP contribution in [0.5, 0.6) is 5.75 Å². The monoisotopic (exact) mass is 404 g/mol.